The van der Waals surface area contributed by atoms with Crippen molar-refractivity contribution in [2.24, 2.45) is 5.16 Å². The van der Waals surface area contributed by atoms with Crippen molar-refractivity contribution in [3.8, 4) is 0 Å². The third kappa shape index (κ3) is 3.54. The van der Waals surface area contributed by atoms with Crippen LogP contribution >= 0.6 is 0 Å². The Morgan fingerprint density at radius 2 is 2.00 bits per heavy atom. The highest BCUT2D eigenvalue weighted by molar-refractivity contribution is 7.88. The highest BCUT2D eigenvalue weighted by Crippen LogP contribution is 2.18. The number of sulfonamides is 1. The van der Waals surface area contributed by atoms with Gasteiger partial charge in [0.25, 0.3) is 0 Å². The van der Waals surface area contributed by atoms with Gasteiger partial charge in [0.2, 0.25) is 10.0 Å². The molecule has 0 aliphatic carbocycles. The summed E-state index contributed by atoms with van der Waals surface area (Å²) in [6.45, 7) is 2.35. The molecule has 1 aromatic rings. The van der Waals surface area contributed by atoms with Crippen LogP contribution in [0.15, 0.2) is 29.4 Å². The highest BCUT2D eigenvalue weighted by Gasteiger charge is 2.26. The first-order chi connectivity index (χ1) is 8.86. The molecule has 1 aromatic carbocycles. The molecule has 0 saturated carbocycles. The quantitative estimate of drug-likeness (QED) is 0.838. The molecule has 1 heterocycles. The number of rotatable bonds is 4. The van der Waals surface area contributed by atoms with E-state index in [1.807, 2.05) is 31.2 Å². The molecule has 1 aliphatic heterocycles. The lowest BCUT2D eigenvalue weighted by Crippen LogP contribution is -2.33. The number of oxime groups is 1. The van der Waals surface area contributed by atoms with Crippen molar-refractivity contribution in [2.45, 2.75) is 19.4 Å². The van der Waals surface area contributed by atoms with Crippen molar-refractivity contribution in [3.63, 3.8) is 0 Å². The molecule has 0 N–H and O–H groups in total. The van der Waals surface area contributed by atoms with Crippen molar-refractivity contribution in [1.29, 1.82) is 0 Å². The fourth-order valence-electron chi connectivity index (χ4n) is 1.86. The Labute approximate surface area is 113 Å². The van der Waals surface area contributed by atoms with Gasteiger partial charge in [0.05, 0.1) is 18.5 Å². The number of nitrogens with zero attached hydrogens (tertiary/aromatic N) is 2. The zero-order valence-electron chi connectivity index (χ0n) is 11.3. The molecule has 6 heteroatoms. The van der Waals surface area contributed by atoms with Gasteiger partial charge in [-0.3, -0.25) is 0 Å². The lowest BCUT2D eigenvalue weighted by molar-refractivity contribution is 0.0741. The lowest BCUT2D eigenvalue weighted by atomic mass is 10.0. The van der Waals surface area contributed by atoms with Crippen LogP contribution in [0.25, 0.3) is 0 Å². The van der Waals surface area contributed by atoms with E-state index in [2.05, 4.69) is 5.16 Å². The highest BCUT2D eigenvalue weighted by atomic mass is 32.2. The molecule has 0 amide bonds. The van der Waals surface area contributed by atoms with E-state index < -0.39 is 10.0 Å². The fraction of sp³-hybridized carbons (Fsp3) is 0.462. The summed E-state index contributed by atoms with van der Waals surface area (Å²) in [6, 6.07) is 8.04. The van der Waals surface area contributed by atoms with Gasteiger partial charge in [-0.25, -0.2) is 12.7 Å². The molecule has 0 spiro atoms. The van der Waals surface area contributed by atoms with Crippen LogP contribution in [0.5, 0.6) is 0 Å². The Bertz CT molecular complexity index is 578. The molecule has 104 valence electrons. The summed E-state index contributed by atoms with van der Waals surface area (Å²) >= 11 is 0. The van der Waals surface area contributed by atoms with Crippen LogP contribution in [0.3, 0.4) is 0 Å². The van der Waals surface area contributed by atoms with Gasteiger partial charge in [-0.2, -0.15) is 0 Å². The van der Waals surface area contributed by atoms with Gasteiger partial charge in [0, 0.05) is 13.5 Å². The molecule has 0 radical (unpaired) electrons. The SMILES string of the molecule is Cc1ccc(C2=NOC(CN(C)S(C)(=O)=O)C2)cc1. The molecule has 0 fully saturated rings. The van der Waals surface area contributed by atoms with Crippen molar-refractivity contribution in [1.82, 2.24) is 4.31 Å². The fourth-order valence-corrected chi connectivity index (χ4v) is 2.30. The summed E-state index contributed by atoms with van der Waals surface area (Å²) in [5.74, 6) is 0. The Balaban J connectivity index is 1.98. The second-order valence-corrected chi connectivity index (χ2v) is 6.97. The number of benzene rings is 1. The van der Waals surface area contributed by atoms with Crippen molar-refractivity contribution in [3.05, 3.63) is 35.4 Å². The van der Waals surface area contributed by atoms with E-state index in [0.29, 0.717) is 13.0 Å². The maximum atomic E-state index is 11.3. The third-order valence-electron chi connectivity index (χ3n) is 3.14. The molecule has 1 aliphatic rings. The van der Waals surface area contributed by atoms with Gasteiger partial charge in [0.15, 0.2) is 0 Å². The van der Waals surface area contributed by atoms with Crippen molar-refractivity contribution < 1.29 is 13.3 Å². The maximum Gasteiger partial charge on any atom is 0.211 e. The van der Waals surface area contributed by atoms with Crippen LogP contribution in [0.2, 0.25) is 0 Å². The average molecular weight is 282 g/mol. The van der Waals surface area contributed by atoms with Crippen LogP contribution < -0.4 is 0 Å². The molecule has 1 unspecified atom stereocenters. The van der Waals surface area contributed by atoms with Crippen LogP contribution in [-0.4, -0.2) is 44.4 Å². The average Bonchev–Trinajstić information content (AvgIpc) is 2.77. The van der Waals surface area contributed by atoms with E-state index in [9.17, 15) is 8.42 Å². The Morgan fingerprint density at radius 3 is 2.58 bits per heavy atom. The standard InChI is InChI=1S/C13H18N2O3S/c1-10-4-6-11(7-5-10)13-8-12(18-14-13)9-15(2)19(3,16)17/h4-7,12H,8-9H2,1-3H3. The van der Waals surface area contributed by atoms with E-state index in [4.69, 9.17) is 4.84 Å². The summed E-state index contributed by atoms with van der Waals surface area (Å²) in [5.41, 5.74) is 3.08. The topological polar surface area (TPSA) is 59.0 Å². The number of aryl methyl sites for hydroxylation is 1. The molecule has 0 aromatic heterocycles. The van der Waals surface area contributed by atoms with Gasteiger partial charge in [-0.15, -0.1) is 0 Å². The minimum Gasteiger partial charge on any atom is -0.390 e. The Hall–Kier alpha value is -1.40. The summed E-state index contributed by atoms with van der Waals surface area (Å²) < 4.78 is 24.0. The van der Waals surface area contributed by atoms with E-state index in [1.165, 1.54) is 16.1 Å². The monoisotopic (exact) mass is 282 g/mol. The maximum absolute atomic E-state index is 11.3. The second-order valence-electron chi connectivity index (χ2n) is 4.88. The first-order valence-corrected chi connectivity index (χ1v) is 7.92. The first kappa shape index (κ1) is 14.0. The molecular formula is C13H18N2O3S. The second kappa shape index (κ2) is 5.30. The lowest BCUT2D eigenvalue weighted by Gasteiger charge is -2.17. The molecule has 2 rings (SSSR count). The van der Waals surface area contributed by atoms with E-state index in [0.717, 1.165) is 11.3 Å². The predicted octanol–water partition coefficient (Wildman–Crippen LogP) is 1.38. The van der Waals surface area contributed by atoms with Gasteiger partial charge in [-0.05, 0) is 12.5 Å². The van der Waals surface area contributed by atoms with Gasteiger partial charge < -0.3 is 4.84 Å². The molecular weight excluding hydrogens is 264 g/mol. The van der Waals surface area contributed by atoms with Gasteiger partial charge >= 0.3 is 0 Å². The molecule has 0 bridgehead atoms. The summed E-state index contributed by atoms with van der Waals surface area (Å²) in [5, 5.41) is 4.05. The third-order valence-corrected chi connectivity index (χ3v) is 4.43. The Kier molecular flexibility index (Phi) is 3.91. The van der Waals surface area contributed by atoms with Crippen molar-refractivity contribution >= 4 is 15.7 Å². The number of likely N-dealkylation sites (N-methyl/N-ethyl adjacent to an activating group) is 1. The minimum absolute atomic E-state index is 0.212. The zero-order chi connectivity index (χ0) is 14.0. The zero-order valence-corrected chi connectivity index (χ0v) is 12.1. The molecule has 1 atom stereocenters. The normalized spacial score (nSPS) is 19.4. The van der Waals surface area contributed by atoms with Crippen LogP contribution in [0.4, 0.5) is 0 Å². The van der Waals surface area contributed by atoms with Crippen LogP contribution in [-0.2, 0) is 14.9 Å². The number of hydrogen-bond acceptors (Lipinski definition) is 4. The summed E-state index contributed by atoms with van der Waals surface area (Å²) in [7, 11) is -1.63. The largest absolute Gasteiger partial charge is 0.390 e. The smallest absolute Gasteiger partial charge is 0.211 e. The van der Waals surface area contributed by atoms with Crippen molar-refractivity contribution in [2.75, 3.05) is 19.8 Å². The van der Waals surface area contributed by atoms with Crippen LogP contribution in [0, 0.1) is 6.92 Å². The first-order valence-electron chi connectivity index (χ1n) is 6.07. The summed E-state index contributed by atoms with van der Waals surface area (Å²) in [6.07, 6.45) is 1.60. The predicted molar refractivity (Wildman–Crippen MR) is 74.7 cm³/mol. The van der Waals surface area contributed by atoms with E-state index >= 15 is 0 Å². The molecule has 5 nitrogen and oxygen atoms in total. The summed E-state index contributed by atoms with van der Waals surface area (Å²) in [4.78, 5) is 5.30. The van der Waals surface area contributed by atoms with Crippen LogP contribution in [0.1, 0.15) is 17.5 Å². The van der Waals surface area contributed by atoms with Gasteiger partial charge in [0.1, 0.15) is 6.10 Å². The minimum atomic E-state index is -3.18. The molecule has 0 saturated heterocycles. The van der Waals surface area contributed by atoms with Gasteiger partial charge in [-0.1, -0.05) is 35.0 Å². The Morgan fingerprint density at radius 1 is 1.37 bits per heavy atom. The molecule has 19 heavy (non-hydrogen) atoms. The van der Waals surface area contributed by atoms with E-state index in [1.54, 1.807) is 7.05 Å². The number of hydrogen-bond donors (Lipinski definition) is 0. The van der Waals surface area contributed by atoms with E-state index in [-0.39, 0.29) is 6.10 Å².